The third kappa shape index (κ3) is 4.69. The molecular weight excluding hydrogens is 226 g/mol. The predicted octanol–water partition coefficient (Wildman–Crippen LogP) is -0.922. The quantitative estimate of drug-likeness (QED) is 0.586. The van der Waals surface area contributed by atoms with E-state index in [2.05, 4.69) is 10.6 Å². The highest BCUT2D eigenvalue weighted by Gasteiger charge is 2.26. The summed E-state index contributed by atoms with van der Waals surface area (Å²) in [6.07, 6.45) is 0. The van der Waals surface area contributed by atoms with Gasteiger partial charge in [0.1, 0.15) is 0 Å². The molecule has 94 valence electrons. The van der Waals surface area contributed by atoms with E-state index in [1.807, 2.05) is 19.0 Å². The molecule has 1 heterocycles. The highest BCUT2D eigenvalue weighted by molar-refractivity contribution is 7.99. The van der Waals surface area contributed by atoms with Gasteiger partial charge in [-0.25, -0.2) is 0 Å². The summed E-state index contributed by atoms with van der Waals surface area (Å²) in [5.41, 5.74) is -0.884. The minimum absolute atomic E-state index is 0.0240. The Labute approximate surface area is 101 Å². The van der Waals surface area contributed by atoms with Gasteiger partial charge < -0.3 is 15.3 Å². The maximum atomic E-state index is 11.7. The Balaban J connectivity index is 2.29. The largest absolute Gasteiger partial charge is 0.387 e. The molecule has 1 aliphatic rings. The maximum Gasteiger partial charge on any atom is 0.238 e. The third-order valence-electron chi connectivity index (χ3n) is 2.33. The molecule has 0 aromatic rings. The number of amides is 1. The van der Waals surface area contributed by atoms with Crippen LogP contribution in [0.25, 0.3) is 0 Å². The number of carbonyl (C=O) groups excluding carboxylic acids is 1. The predicted molar refractivity (Wildman–Crippen MR) is 66.4 cm³/mol. The second kappa shape index (κ2) is 5.86. The minimum atomic E-state index is -0.884. The second-order valence-corrected chi connectivity index (χ2v) is 5.75. The second-order valence-electron chi connectivity index (χ2n) is 4.72. The monoisotopic (exact) mass is 247 g/mol. The van der Waals surface area contributed by atoms with Gasteiger partial charge in [-0.3, -0.25) is 10.1 Å². The van der Waals surface area contributed by atoms with Gasteiger partial charge in [-0.1, -0.05) is 0 Å². The first-order valence-corrected chi connectivity index (χ1v) is 6.52. The van der Waals surface area contributed by atoms with Crippen molar-refractivity contribution < 1.29 is 9.90 Å². The molecule has 0 spiro atoms. The molecule has 1 fully saturated rings. The molecule has 16 heavy (non-hydrogen) atoms. The molecule has 0 aromatic carbocycles. The van der Waals surface area contributed by atoms with E-state index in [9.17, 15) is 9.90 Å². The van der Waals surface area contributed by atoms with E-state index in [4.69, 9.17) is 0 Å². The smallest absolute Gasteiger partial charge is 0.238 e. The third-order valence-corrected chi connectivity index (χ3v) is 3.27. The fourth-order valence-corrected chi connectivity index (χ4v) is 2.64. The first kappa shape index (κ1) is 13.8. The van der Waals surface area contributed by atoms with Crippen molar-refractivity contribution in [1.82, 2.24) is 15.5 Å². The van der Waals surface area contributed by atoms with Gasteiger partial charge in [0.15, 0.2) is 0 Å². The number of rotatable bonds is 5. The molecular formula is C10H21N3O2S. The lowest BCUT2D eigenvalue weighted by molar-refractivity contribution is -0.123. The fourth-order valence-electron chi connectivity index (χ4n) is 1.70. The molecule has 0 bridgehead atoms. The Morgan fingerprint density at radius 1 is 1.69 bits per heavy atom. The maximum absolute atomic E-state index is 11.7. The van der Waals surface area contributed by atoms with Crippen molar-refractivity contribution in [2.24, 2.45) is 0 Å². The lowest BCUT2D eigenvalue weighted by Crippen LogP contribution is -2.51. The Kier molecular flexibility index (Phi) is 5.04. The van der Waals surface area contributed by atoms with Crippen LogP contribution in [0, 0.1) is 0 Å². The van der Waals surface area contributed by atoms with Crippen molar-refractivity contribution in [2.45, 2.75) is 18.6 Å². The summed E-state index contributed by atoms with van der Waals surface area (Å²) in [5, 5.41) is 15.9. The summed E-state index contributed by atoms with van der Waals surface area (Å²) in [7, 11) is 3.79. The summed E-state index contributed by atoms with van der Waals surface area (Å²) in [6, 6.07) is -0.111. The Morgan fingerprint density at radius 3 is 2.88 bits per heavy atom. The molecule has 0 aromatic heterocycles. The van der Waals surface area contributed by atoms with E-state index in [1.165, 1.54) is 0 Å². The number of carbonyl (C=O) groups is 1. The molecule has 1 rings (SSSR count). The normalized spacial score (nSPS) is 24.4. The number of aliphatic hydroxyl groups is 1. The van der Waals surface area contributed by atoms with E-state index < -0.39 is 5.60 Å². The Hall–Kier alpha value is -0.300. The van der Waals surface area contributed by atoms with Crippen molar-refractivity contribution in [3.8, 4) is 0 Å². The van der Waals surface area contributed by atoms with Crippen LogP contribution in [0.3, 0.4) is 0 Å². The molecule has 1 amide bonds. The molecule has 1 saturated heterocycles. The van der Waals surface area contributed by atoms with E-state index in [-0.39, 0.29) is 18.5 Å². The first-order chi connectivity index (χ1) is 7.41. The van der Waals surface area contributed by atoms with Crippen LogP contribution in [-0.4, -0.2) is 66.4 Å². The van der Waals surface area contributed by atoms with Crippen LogP contribution >= 0.6 is 11.8 Å². The summed E-state index contributed by atoms with van der Waals surface area (Å²) in [4.78, 5) is 13.6. The van der Waals surface area contributed by atoms with Crippen molar-refractivity contribution in [3.63, 3.8) is 0 Å². The first-order valence-electron chi connectivity index (χ1n) is 5.37. The summed E-state index contributed by atoms with van der Waals surface area (Å²) >= 11 is 1.71. The molecule has 1 aliphatic heterocycles. The van der Waals surface area contributed by atoms with Crippen molar-refractivity contribution in [3.05, 3.63) is 0 Å². The van der Waals surface area contributed by atoms with Crippen LogP contribution in [0.2, 0.25) is 0 Å². The fraction of sp³-hybridized carbons (Fsp3) is 0.900. The van der Waals surface area contributed by atoms with Crippen molar-refractivity contribution in [2.75, 3.05) is 38.8 Å². The zero-order chi connectivity index (χ0) is 12.2. The summed E-state index contributed by atoms with van der Waals surface area (Å²) in [5.74, 6) is 1.61. The van der Waals surface area contributed by atoms with Gasteiger partial charge in [-0.15, -0.1) is 11.8 Å². The van der Waals surface area contributed by atoms with Gasteiger partial charge in [0.05, 0.1) is 11.6 Å². The number of thioether (sulfide) groups is 1. The van der Waals surface area contributed by atoms with E-state index >= 15 is 0 Å². The zero-order valence-electron chi connectivity index (χ0n) is 10.1. The van der Waals surface area contributed by atoms with Crippen LogP contribution in [-0.2, 0) is 4.79 Å². The molecule has 0 aliphatic carbocycles. The number of hydrogen-bond donors (Lipinski definition) is 3. The molecule has 2 unspecified atom stereocenters. The van der Waals surface area contributed by atoms with Crippen LogP contribution < -0.4 is 10.6 Å². The van der Waals surface area contributed by atoms with Crippen LogP contribution in [0.1, 0.15) is 6.92 Å². The minimum Gasteiger partial charge on any atom is -0.387 e. The molecule has 3 N–H and O–H groups in total. The Morgan fingerprint density at radius 2 is 2.38 bits per heavy atom. The molecule has 0 radical (unpaired) electrons. The highest BCUT2D eigenvalue weighted by Crippen LogP contribution is 2.10. The van der Waals surface area contributed by atoms with Crippen molar-refractivity contribution in [1.29, 1.82) is 0 Å². The number of likely N-dealkylation sites (N-methyl/N-ethyl adjacent to an activating group) is 1. The van der Waals surface area contributed by atoms with Crippen LogP contribution in [0.5, 0.6) is 0 Å². The molecule has 6 heteroatoms. The van der Waals surface area contributed by atoms with Gasteiger partial charge in [0.2, 0.25) is 5.91 Å². The molecule has 2 atom stereocenters. The van der Waals surface area contributed by atoms with Gasteiger partial charge >= 0.3 is 0 Å². The van der Waals surface area contributed by atoms with Gasteiger partial charge in [0.25, 0.3) is 0 Å². The van der Waals surface area contributed by atoms with Crippen LogP contribution in [0.4, 0.5) is 0 Å². The zero-order valence-corrected chi connectivity index (χ0v) is 10.9. The SMILES string of the molecule is CN(C)CC(C)(O)CNC(=O)C1CSCN1. The molecule has 0 saturated carbocycles. The van der Waals surface area contributed by atoms with E-state index in [0.717, 1.165) is 11.6 Å². The standard InChI is InChI=1S/C10H21N3O2S/c1-10(15,6-13(2)3)5-11-9(14)8-4-16-7-12-8/h8,12,15H,4-7H2,1-3H3,(H,11,14). The highest BCUT2D eigenvalue weighted by atomic mass is 32.2. The lowest BCUT2D eigenvalue weighted by atomic mass is 10.1. The van der Waals surface area contributed by atoms with Gasteiger partial charge in [-0.2, -0.15) is 0 Å². The Bertz CT molecular complexity index is 240. The summed E-state index contributed by atoms with van der Waals surface area (Å²) < 4.78 is 0. The number of nitrogens with one attached hydrogen (secondary N) is 2. The van der Waals surface area contributed by atoms with Crippen LogP contribution in [0.15, 0.2) is 0 Å². The average Bonchev–Trinajstić information content (AvgIpc) is 2.64. The summed E-state index contributed by atoms with van der Waals surface area (Å²) in [6.45, 7) is 2.54. The number of hydrogen-bond acceptors (Lipinski definition) is 5. The average molecular weight is 247 g/mol. The van der Waals surface area contributed by atoms with E-state index in [0.29, 0.717) is 6.54 Å². The lowest BCUT2D eigenvalue weighted by Gasteiger charge is -2.27. The van der Waals surface area contributed by atoms with E-state index in [1.54, 1.807) is 18.7 Å². The van der Waals surface area contributed by atoms with Crippen molar-refractivity contribution >= 4 is 17.7 Å². The van der Waals surface area contributed by atoms with Gasteiger partial charge in [0, 0.05) is 24.7 Å². The van der Waals surface area contributed by atoms with Gasteiger partial charge in [-0.05, 0) is 21.0 Å². The number of nitrogens with zero attached hydrogens (tertiary/aromatic N) is 1. The topological polar surface area (TPSA) is 64.6 Å². The molecule has 5 nitrogen and oxygen atoms in total.